The van der Waals surface area contributed by atoms with Crippen molar-refractivity contribution in [2.24, 2.45) is 17.8 Å². The van der Waals surface area contributed by atoms with Crippen LogP contribution >= 0.6 is 0 Å². The summed E-state index contributed by atoms with van der Waals surface area (Å²) in [6.07, 6.45) is 9.11. The quantitative estimate of drug-likeness (QED) is 0.711. The van der Waals surface area contributed by atoms with Gasteiger partial charge in [-0.05, 0) is 56.3 Å². The maximum Gasteiger partial charge on any atom is 0.0191 e. The fourth-order valence-electron chi connectivity index (χ4n) is 4.90. The van der Waals surface area contributed by atoms with Gasteiger partial charge < -0.3 is 5.32 Å². The Morgan fingerprint density at radius 1 is 0.929 bits per heavy atom. The molecule has 0 radical (unpaired) electrons. The van der Waals surface area contributed by atoms with Crippen molar-refractivity contribution in [2.75, 3.05) is 0 Å². The van der Waals surface area contributed by atoms with Crippen molar-refractivity contribution in [3.05, 3.63) is 0 Å². The largest absolute Gasteiger partial charge is 0.309 e. The molecule has 4 fully saturated rings. The Balaban J connectivity index is 1.80. The van der Waals surface area contributed by atoms with Crippen molar-refractivity contribution in [3.8, 4) is 0 Å². The van der Waals surface area contributed by atoms with Gasteiger partial charge in [-0.15, -0.1) is 0 Å². The average molecular weight is 193 g/mol. The summed E-state index contributed by atoms with van der Waals surface area (Å²) < 4.78 is 0. The molecule has 4 aliphatic carbocycles. The van der Waals surface area contributed by atoms with Crippen LogP contribution in [0.2, 0.25) is 0 Å². The van der Waals surface area contributed by atoms with Crippen LogP contribution in [0.3, 0.4) is 0 Å². The Morgan fingerprint density at radius 2 is 1.36 bits per heavy atom. The van der Waals surface area contributed by atoms with E-state index in [4.69, 9.17) is 0 Å². The summed E-state index contributed by atoms with van der Waals surface area (Å²) in [7, 11) is 0. The summed E-state index contributed by atoms with van der Waals surface area (Å²) in [5, 5.41) is 3.89. The van der Waals surface area contributed by atoms with Gasteiger partial charge in [-0.1, -0.05) is 13.8 Å². The summed E-state index contributed by atoms with van der Waals surface area (Å²) in [5.74, 6) is 3.23. The standard InChI is InChI=1S/C13H23N/c1-9(2)14-13-6-10-3-11(7-13)5-12(4-10)8-13/h9-12,14H,3-8H2,1-2H3. The molecule has 0 amide bonds. The molecule has 14 heavy (non-hydrogen) atoms. The SMILES string of the molecule is CC(C)NC12CC3CC(CC(C3)C1)C2. The summed E-state index contributed by atoms with van der Waals surface area (Å²) in [6.45, 7) is 4.61. The summed E-state index contributed by atoms with van der Waals surface area (Å²) >= 11 is 0. The minimum absolute atomic E-state index is 0.572. The smallest absolute Gasteiger partial charge is 0.0191 e. The number of hydrogen-bond donors (Lipinski definition) is 1. The van der Waals surface area contributed by atoms with Crippen molar-refractivity contribution in [1.29, 1.82) is 0 Å². The minimum atomic E-state index is 0.572. The van der Waals surface area contributed by atoms with Gasteiger partial charge in [0.1, 0.15) is 0 Å². The Labute approximate surface area is 87.7 Å². The van der Waals surface area contributed by atoms with E-state index in [1.807, 2.05) is 0 Å². The molecule has 1 heteroatoms. The van der Waals surface area contributed by atoms with Crippen LogP contribution in [-0.2, 0) is 0 Å². The molecule has 4 rings (SSSR count). The zero-order valence-electron chi connectivity index (χ0n) is 9.55. The van der Waals surface area contributed by atoms with Crippen molar-refractivity contribution in [1.82, 2.24) is 5.32 Å². The molecule has 0 aromatic carbocycles. The number of hydrogen-bond acceptors (Lipinski definition) is 1. The minimum Gasteiger partial charge on any atom is -0.309 e. The van der Waals surface area contributed by atoms with Crippen LogP contribution in [0.4, 0.5) is 0 Å². The molecule has 80 valence electrons. The summed E-state index contributed by atoms with van der Waals surface area (Å²) in [6, 6.07) is 0.672. The molecule has 4 aliphatic rings. The number of rotatable bonds is 2. The first kappa shape index (κ1) is 9.21. The first-order valence-electron chi connectivity index (χ1n) is 6.43. The van der Waals surface area contributed by atoms with E-state index < -0.39 is 0 Å². The van der Waals surface area contributed by atoms with E-state index in [0.29, 0.717) is 11.6 Å². The van der Waals surface area contributed by atoms with E-state index in [2.05, 4.69) is 19.2 Å². The molecule has 0 spiro atoms. The van der Waals surface area contributed by atoms with Gasteiger partial charge in [-0.25, -0.2) is 0 Å². The van der Waals surface area contributed by atoms with Gasteiger partial charge in [-0.2, -0.15) is 0 Å². The normalized spacial score (nSPS) is 50.4. The first-order chi connectivity index (χ1) is 6.65. The van der Waals surface area contributed by atoms with E-state index in [1.54, 1.807) is 19.3 Å². The lowest BCUT2D eigenvalue weighted by Crippen LogP contribution is -2.59. The van der Waals surface area contributed by atoms with Crippen LogP contribution < -0.4 is 5.32 Å². The second-order valence-electron chi connectivity index (χ2n) is 6.50. The zero-order chi connectivity index (χ0) is 9.76. The van der Waals surface area contributed by atoms with Crippen molar-refractivity contribution in [3.63, 3.8) is 0 Å². The highest BCUT2D eigenvalue weighted by molar-refractivity contribution is 5.06. The predicted molar refractivity (Wildman–Crippen MR) is 59.2 cm³/mol. The second kappa shape index (κ2) is 2.98. The van der Waals surface area contributed by atoms with Gasteiger partial charge in [0.05, 0.1) is 0 Å². The van der Waals surface area contributed by atoms with Crippen molar-refractivity contribution >= 4 is 0 Å². The Hall–Kier alpha value is -0.0400. The molecule has 0 aromatic rings. The van der Waals surface area contributed by atoms with Gasteiger partial charge in [0.2, 0.25) is 0 Å². The van der Waals surface area contributed by atoms with Crippen LogP contribution in [-0.4, -0.2) is 11.6 Å². The van der Waals surface area contributed by atoms with Crippen molar-refractivity contribution < 1.29 is 0 Å². The summed E-state index contributed by atoms with van der Waals surface area (Å²) in [4.78, 5) is 0. The molecule has 1 nitrogen and oxygen atoms in total. The summed E-state index contributed by atoms with van der Waals surface area (Å²) in [5.41, 5.74) is 0.572. The van der Waals surface area contributed by atoms with E-state index in [1.165, 1.54) is 19.3 Å². The molecule has 0 atom stereocenters. The predicted octanol–water partition coefficient (Wildman–Crippen LogP) is 2.95. The molecule has 4 bridgehead atoms. The molecule has 4 saturated carbocycles. The fraction of sp³-hybridized carbons (Fsp3) is 1.00. The van der Waals surface area contributed by atoms with Gasteiger partial charge in [0, 0.05) is 11.6 Å². The molecule has 0 aromatic heterocycles. The second-order valence-corrected chi connectivity index (χ2v) is 6.50. The Kier molecular flexibility index (Phi) is 1.96. The van der Waals surface area contributed by atoms with Crippen LogP contribution in [0.25, 0.3) is 0 Å². The topological polar surface area (TPSA) is 12.0 Å². The lowest BCUT2D eigenvalue weighted by molar-refractivity contribution is -0.0233. The number of nitrogens with one attached hydrogen (secondary N) is 1. The molecule has 0 saturated heterocycles. The van der Waals surface area contributed by atoms with Gasteiger partial charge >= 0.3 is 0 Å². The van der Waals surface area contributed by atoms with E-state index >= 15 is 0 Å². The van der Waals surface area contributed by atoms with Gasteiger partial charge in [0.15, 0.2) is 0 Å². The van der Waals surface area contributed by atoms with E-state index in [-0.39, 0.29) is 0 Å². The lowest BCUT2D eigenvalue weighted by atomic mass is 9.53. The molecule has 1 N–H and O–H groups in total. The molecular formula is C13H23N. The van der Waals surface area contributed by atoms with Crippen LogP contribution in [0.15, 0.2) is 0 Å². The Morgan fingerprint density at radius 3 is 1.71 bits per heavy atom. The van der Waals surface area contributed by atoms with E-state index in [9.17, 15) is 0 Å². The third-order valence-corrected chi connectivity index (χ3v) is 4.63. The van der Waals surface area contributed by atoms with Gasteiger partial charge in [0.25, 0.3) is 0 Å². The highest BCUT2D eigenvalue weighted by Crippen LogP contribution is 2.55. The zero-order valence-corrected chi connectivity index (χ0v) is 9.55. The van der Waals surface area contributed by atoms with Crippen LogP contribution in [0.5, 0.6) is 0 Å². The Bertz CT molecular complexity index is 190. The molecule has 0 aliphatic heterocycles. The maximum absolute atomic E-state index is 3.89. The fourth-order valence-corrected chi connectivity index (χ4v) is 4.90. The highest BCUT2D eigenvalue weighted by atomic mass is 15.0. The van der Waals surface area contributed by atoms with Crippen LogP contribution in [0, 0.1) is 17.8 Å². The monoisotopic (exact) mass is 193 g/mol. The molecule has 0 unspecified atom stereocenters. The molecule has 0 heterocycles. The van der Waals surface area contributed by atoms with E-state index in [0.717, 1.165) is 17.8 Å². The van der Waals surface area contributed by atoms with Crippen LogP contribution in [0.1, 0.15) is 52.4 Å². The van der Waals surface area contributed by atoms with Gasteiger partial charge in [-0.3, -0.25) is 0 Å². The third kappa shape index (κ3) is 1.41. The average Bonchev–Trinajstić information content (AvgIpc) is 1.96. The first-order valence-corrected chi connectivity index (χ1v) is 6.43. The maximum atomic E-state index is 3.89. The third-order valence-electron chi connectivity index (χ3n) is 4.63. The van der Waals surface area contributed by atoms with Crippen molar-refractivity contribution in [2.45, 2.75) is 64.0 Å². The molecular weight excluding hydrogens is 170 g/mol. The lowest BCUT2D eigenvalue weighted by Gasteiger charge is -2.57. The highest BCUT2D eigenvalue weighted by Gasteiger charge is 2.50.